The van der Waals surface area contributed by atoms with E-state index in [0.29, 0.717) is 24.6 Å². The largest absolute Gasteiger partial charge is 0.489 e. The van der Waals surface area contributed by atoms with Crippen molar-refractivity contribution < 1.29 is 19.1 Å². The first kappa shape index (κ1) is 26.4. The molecule has 0 bridgehead atoms. The topological polar surface area (TPSA) is 103 Å². The number of ether oxygens (including phenoxy) is 2. The zero-order valence-corrected chi connectivity index (χ0v) is 21.0. The van der Waals surface area contributed by atoms with Crippen molar-refractivity contribution >= 4 is 17.7 Å². The van der Waals surface area contributed by atoms with E-state index in [1.165, 1.54) is 0 Å². The average Bonchev–Trinajstić information content (AvgIpc) is 2.96. The third-order valence-corrected chi connectivity index (χ3v) is 5.87. The number of carbonyl (C=O) groups is 2. The summed E-state index contributed by atoms with van der Waals surface area (Å²) in [5.74, 6) is 0.433. The maximum atomic E-state index is 12.9. The van der Waals surface area contributed by atoms with Crippen molar-refractivity contribution in [1.82, 2.24) is 5.32 Å². The first-order chi connectivity index (χ1) is 18.6. The van der Waals surface area contributed by atoms with Gasteiger partial charge in [-0.1, -0.05) is 84.9 Å². The summed E-state index contributed by atoms with van der Waals surface area (Å²) in [7, 11) is 0. The molecule has 0 aliphatic heterocycles. The van der Waals surface area contributed by atoms with Crippen molar-refractivity contribution in [2.75, 3.05) is 5.32 Å². The van der Waals surface area contributed by atoms with Gasteiger partial charge in [0.25, 0.3) is 0 Å². The molecular weight excluding hydrogens is 478 g/mol. The summed E-state index contributed by atoms with van der Waals surface area (Å²) < 4.78 is 11.3. The number of amides is 2. The molecule has 4 aromatic carbocycles. The van der Waals surface area contributed by atoms with Crippen molar-refractivity contribution in [2.45, 2.75) is 32.2 Å². The number of nitrogens with two attached hydrogens (primary N) is 1. The predicted molar refractivity (Wildman–Crippen MR) is 147 cm³/mol. The van der Waals surface area contributed by atoms with Crippen molar-refractivity contribution in [3.05, 3.63) is 131 Å². The first-order valence-corrected chi connectivity index (χ1v) is 12.4. The highest BCUT2D eigenvalue weighted by Gasteiger charge is 2.20. The SMILES string of the molecule is NCc1cccc(NC(=O)C[C@@H](NC(=O)OCc2ccccc2)c2ccc(OCc3ccccc3)cc2)c1. The summed E-state index contributed by atoms with van der Waals surface area (Å²) in [6.45, 7) is 0.946. The number of hydrogen-bond acceptors (Lipinski definition) is 5. The molecule has 4 aromatic rings. The fourth-order valence-electron chi connectivity index (χ4n) is 3.87. The highest BCUT2D eigenvalue weighted by Crippen LogP contribution is 2.23. The Morgan fingerprint density at radius 2 is 1.37 bits per heavy atom. The third-order valence-electron chi connectivity index (χ3n) is 5.87. The van der Waals surface area contributed by atoms with Gasteiger partial charge in [-0.3, -0.25) is 4.79 Å². The fraction of sp³-hybridized carbons (Fsp3) is 0.161. The van der Waals surface area contributed by atoms with Gasteiger partial charge in [0.05, 0.1) is 12.5 Å². The van der Waals surface area contributed by atoms with Gasteiger partial charge in [0, 0.05) is 12.2 Å². The molecule has 0 saturated carbocycles. The number of anilines is 1. The molecule has 0 aliphatic rings. The summed E-state index contributed by atoms with van der Waals surface area (Å²) >= 11 is 0. The Morgan fingerprint density at radius 3 is 2.03 bits per heavy atom. The molecule has 2 amide bonds. The van der Waals surface area contributed by atoms with E-state index < -0.39 is 12.1 Å². The van der Waals surface area contributed by atoms with E-state index in [2.05, 4.69) is 10.6 Å². The first-order valence-electron chi connectivity index (χ1n) is 12.4. The van der Waals surface area contributed by atoms with Gasteiger partial charge in [-0.2, -0.15) is 0 Å². The van der Waals surface area contributed by atoms with Gasteiger partial charge >= 0.3 is 6.09 Å². The van der Waals surface area contributed by atoms with Crippen LogP contribution in [0.25, 0.3) is 0 Å². The molecule has 0 aliphatic carbocycles. The second kappa shape index (κ2) is 13.6. The second-order valence-electron chi connectivity index (χ2n) is 8.76. The van der Waals surface area contributed by atoms with Gasteiger partial charge < -0.3 is 25.8 Å². The van der Waals surface area contributed by atoms with Crippen LogP contribution in [0.2, 0.25) is 0 Å². The van der Waals surface area contributed by atoms with E-state index in [9.17, 15) is 9.59 Å². The minimum atomic E-state index is -0.612. The lowest BCUT2D eigenvalue weighted by atomic mass is 10.0. The zero-order valence-electron chi connectivity index (χ0n) is 21.0. The average molecular weight is 510 g/mol. The van der Waals surface area contributed by atoms with Crippen molar-refractivity contribution in [2.24, 2.45) is 5.73 Å². The van der Waals surface area contributed by atoms with E-state index in [4.69, 9.17) is 15.2 Å². The lowest BCUT2D eigenvalue weighted by Crippen LogP contribution is -2.32. The van der Waals surface area contributed by atoms with Crippen LogP contribution in [0.5, 0.6) is 5.75 Å². The van der Waals surface area contributed by atoms with Crippen LogP contribution in [0, 0.1) is 0 Å². The molecule has 38 heavy (non-hydrogen) atoms. The lowest BCUT2D eigenvalue weighted by molar-refractivity contribution is -0.116. The normalized spacial score (nSPS) is 11.3. The summed E-state index contributed by atoms with van der Waals surface area (Å²) in [6.07, 6.45) is -0.599. The summed E-state index contributed by atoms with van der Waals surface area (Å²) in [4.78, 5) is 25.6. The molecule has 194 valence electrons. The number of nitrogens with one attached hydrogen (secondary N) is 2. The Hall–Kier alpha value is -4.62. The molecule has 0 heterocycles. The molecule has 0 fully saturated rings. The standard InChI is InChI=1S/C31H31N3O4/c32-20-25-12-7-13-27(18-25)33-30(35)19-29(34-31(36)38-22-24-10-5-2-6-11-24)26-14-16-28(17-15-26)37-21-23-8-3-1-4-9-23/h1-18,29H,19-22,32H2,(H,33,35)(H,34,36)/t29-/m1/s1. The number of rotatable bonds is 11. The molecule has 4 N–H and O–H groups in total. The Labute approximate surface area is 222 Å². The minimum absolute atomic E-state index is 0.0114. The van der Waals surface area contributed by atoms with E-state index in [1.54, 1.807) is 6.07 Å². The van der Waals surface area contributed by atoms with Crippen molar-refractivity contribution in [3.8, 4) is 5.75 Å². The monoisotopic (exact) mass is 509 g/mol. The van der Waals surface area contributed by atoms with E-state index in [1.807, 2.05) is 103 Å². The predicted octanol–water partition coefficient (Wildman–Crippen LogP) is 5.72. The van der Waals surface area contributed by atoms with Gasteiger partial charge in [-0.15, -0.1) is 0 Å². The molecular formula is C31H31N3O4. The summed E-state index contributed by atoms with van der Waals surface area (Å²) in [5, 5.41) is 5.72. The van der Waals surface area contributed by atoms with E-state index in [-0.39, 0.29) is 18.9 Å². The van der Waals surface area contributed by atoms with Gasteiger partial charge in [0.1, 0.15) is 19.0 Å². The second-order valence-corrected chi connectivity index (χ2v) is 8.76. The molecule has 1 atom stereocenters. The molecule has 0 unspecified atom stereocenters. The van der Waals surface area contributed by atoms with Crippen LogP contribution < -0.4 is 21.1 Å². The number of hydrogen-bond donors (Lipinski definition) is 3. The summed E-state index contributed by atoms with van der Waals surface area (Å²) in [6, 6.07) is 33.4. The Bertz CT molecular complexity index is 1310. The molecule has 0 saturated heterocycles. The van der Waals surface area contributed by atoms with Crippen LogP contribution in [0.3, 0.4) is 0 Å². The third kappa shape index (κ3) is 8.21. The molecule has 7 heteroatoms. The van der Waals surface area contributed by atoms with Crippen LogP contribution in [-0.4, -0.2) is 12.0 Å². The maximum absolute atomic E-state index is 12.9. The van der Waals surface area contributed by atoms with E-state index in [0.717, 1.165) is 22.3 Å². The number of benzene rings is 4. The Balaban J connectivity index is 1.42. The molecule has 0 aromatic heterocycles. The Morgan fingerprint density at radius 1 is 0.737 bits per heavy atom. The van der Waals surface area contributed by atoms with Crippen molar-refractivity contribution in [3.63, 3.8) is 0 Å². The van der Waals surface area contributed by atoms with Crippen LogP contribution in [0.4, 0.5) is 10.5 Å². The number of carbonyl (C=O) groups excluding carboxylic acids is 2. The fourth-order valence-corrected chi connectivity index (χ4v) is 3.87. The minimum Gasteiger partial charge on any atom is -0.489 e. The van der Waals surface area contributed by atoms with Crippen LogP contribution in [-0.2, 0) is 29.3 Å². The van der Waals surface area contributed by atoms with E-state index >= 15 is 0 Å². The summed E-state index contributed by atoms with van der Waals surface area (Å²) in [5.41, 5.74) is 9.95. The Kier molecular flexibility index (Phi) is 9.48. The quantitative estimate of drug-likeness (QED) is 0.240. The van der Waals surface area contributed by atoms with Crippen LogP contribution in [0.1, 0.15) is 34.7 Å². The van der Waals surface area contributed by atoms with Crippen molar-refractivity contribution in [1.29, 1.82) is 0 Å². The highest BCUT2D eigenvalue weighted by atomic mass is 16.5. The maximum Gasteiger partial charge on any atom is 0.407 e. The van der Waals surface area contributed by atoms with Crippen LogP contribution in [0.15, 0.2) is 109 Å². The van der Waals surface area contributed by atoms with Gasteiger partial charge in [-0.25, -0.2) is 4.79 Å². The van der Waals surface area contributed by atoms with Gasteiger partial charge in [-0.05, 0) is 46.5 Å². The lowest BCUT2D eigenvalue weighted by Gasteiger charge is -2.19. The zero-order chi connectivity index (χ0) is 26.6. The van der Waals surface area contributed by atoms with Crippen LogP contribution >= 0.6 is 0 Å². The number of alkyl carbamates (subject to hydrolysis) is 1. The smallest absolute Gasteiger partial charge is 0.407 e. The van der Waals surface area contributed by atoms with Gasteiger partial charge in [0.2, 0.25) is 5.91 Å². The molecule has 7 nitrogen and oxygen atoms in total. The highest BCUT2D eigenvalue weighted by molar-refractivity contribution is 5.91. The molecule has 0 radical (unpaired) electrons. The molecule has 0 spiro atoms. The molecule has 4 rings (SSSR count). The van der Waals surface area contributed by atoms with Gasteiger partial charge in [0.15, 0.2) is 0 Å².